The SMILES string of the molecule is CC(C)c1ccc(-c2nc3cc(CO)ccn3c2N)cc1. The molecule has 0 saturated heterocycles. The van der Waals surface area contributed by atoms with Crippen LogP contribution in [0.2, 0.25) is 0 Å². The van der Waals surface area contributed by atoms with Gasteiger partial charge in [0, 0.05) is 11.8 Å². The summed E-state index contributed by atoms with van der Waals surface area (Å²) in [5, 5.41) is 9.20. The molecular weight excluding hydrogens is 262 g/mol. The Morgan fingerprint density at radius 1 is 1.19 bits per heavy atom. The molecule has 0 amide bonds. The summed E-state index contributed by atoms with van der Waals surface area (Å²) in [4.78, 5) is 4.59. The van der Waals surface area contributed by atoms with Gasteiger partial charge in [0.25, 0.3) is 0 Å². The van der Waals surface area contributed by atoms with Gasteiger partial charge in [0.05, 0.1) is 6.61 Å². The molecule has 2 heterocycles. The third-order valence-electron chi connectivity index (χ3n) is 3.76. The summed E-state index contributed by atoms with van der Waals surface area (Å²) in [6, 6.07) is 12.0. The minimum atomic E-state index is 0.00167. The molecule has 4 nitrogen and oxygen atoms in total. The number of nitrogen functional groups attached to an aromatic ring is 1. The van der Waals surface area contributed by atoms with Gasteiger partial charge in [-0.25, -0.2) is 4.98 Å². The Bertz CT molecular complexity index is 773. The van der Waals surface area contributed by atoms with Crippen LogP contribution in [-0.2, 0) is 6.61 Å². The summed E-state index contributed by atoms with van der Waals surface area (Å²) in [5.74, 6) is 1.12. The minimum absolute atomic E-state index is 0.00167. The standard InChI is InChI=1S/C17H19N3O/c1-11(2)13-3-5-14(6-4-13)16-17(18)20-8-7-12(10-21)9-15(20)19-16/h3-9,11,21H,10,18H2,1-2H3. The Morgan fingerprint density at radius 2 is 1.90 bits per heavy atom. The molecule has 3 aromatic rings. The van der Waals surface area contributed by atoms with E-state index in [4.69, 9.17) is 5.73 Å². The molecule has 21 heavy (non-hydrogen) atoms. The highest BCUT2D eigenvalue weighted by molar-refractivity contribution is 5.75. The molecular formula is C17H19N3O. The van der Waals surface area contributed by atoms with Crippen LogP contribution in [0.15, 0.2) is 42.6 Å². The zero-order valence-corrected chi connectivity index (χ0v) is 12.2. The number of imidazole rings is 1. The van der Waals surface area contributed by atoms with Crippen molar-refractivity contribution in [1.29, 1.82) is 0 Å². The summed E-state index contributed by atoms with van der Waals surface area (Å²) >= 11 is 0. The number of benzene rings is 1. The summed E-state index contributed by atoms with van der Waals surface area (Å²) in [6.07, 6.45) is 1.84. The Hall–Kier alpha value is -2.33. The van der Waals surface area contributed by atoms with Crippen molar-refractivity contribution in [3.8, 4) is 11.3 Å². The number of nitrogens with two attached hydrogens (primary N) is 1. The molecule has 0 unspecified atom stereocenters. The van der Waals surface area contributed by atoms with Crippen molar-refractivity contribution in [2.45, 2.75) is 26.4 Å². The fourth-order valence-corrected chi connectivity index (χ4v) is 2.44. The highest BCUT2D eigenvalue weighted by Gasteiger charge is 2.12. The number of aliphatic hydroxyl groups is 1. The van der Waals surface area contributed by atoms with Crippen molar-refractivity contribution >= 4 is 11.5 Å². The molecule has 0 atom stereocenters. The van der Waals surface area contributed by atoms with Crippen molar-refractivity contribution in [3.05, 3.63) is 53.7 Å². The highest BCUT2D eigenvalue weighted by Crippen LogP contribution is 2.28. The zero-order chi connectivity index (χ0) is 15.0. The minimum Gasteiger partial charge on any atom is -0.392 e. The molecule has 0 aliphatic heterocycles. The van der Waals surface area contributed by atoms with E-state index in [0.29, 0.717) is 11.7 Å². The van der Waals surface area contributed by atoms with Gasteiger partial charge in [0.15, 0.2) is 0 Å². The van der Waals surface area contributed by atoms with Gasteiger partial charge in [0.2, 0.25) is 0 Å². The molecule has 1 aromatic carbocycles. The van der Waals surface area contributed by atoms with E-state index in [1.165, 1.54) is 5.56 Å². The smallest absolute Gasteiger partial charge is 0.139 e. The van der Waals surface area contributed by atoms with Gasteiger partial charge in [0.1, 0.15) is 17.2 Å². The first-order chi connectivity index (χ1) is 10.1. The molecule has 3 rings (SSSR count). The third-order valence-corrected chi connectivity index (χ3v) is 3.76. The van der Waals surface area contributed by atoms with Gasteiger partial charge in [-0.15, -0.1) is 0 Å². The molecule has 4 heteroatoms. The summed E-state index contributed by atoms with van der Waals surface area (Å²) in [6.45, 7) is 4.34. The van der Waals surface area contributed by atoms with Crippen molar-refractivity contribution < 1.29 is 5.11 Å². The van der Waals surface area contributed by atoms with Crippen LogP contribution in [-0.4, -0.2) is 14.5 Å². The Morgan fingerprint density at radius 3 is 2.52 bits per heavy atom. The third kappa shape index (κ3) is 2.38. The molecule has 0 aliphatic carbocycles. The van der Waals surface area contributed by atoms with E-state index in [1.807, 2.05) is 22.7 Å². The van der Waals surface area contributed by atoms with E-state index in [1.54, 1.807) is 0 Å². The van der Waals surface area contributed by atoms with E-state index in [2.05, 4.69) is 43.1 Å². The largest absolute Gasteiger partial charge is 0.392 e. The van der Waals surface area contributed by atoms with Gasteiger partial charge in [-0.3, -0.25) is 4.40 Å². The average molecular weight is 281 g/mol. The number of nitrogens with zero attached hydrogens (tertiary/aromatic N) is 2. The summed E-state index contributed by atoms with van der Waals surface area (Å²) < 4.78 is 1.84. The van der Waals surface area contributed by atoms with Crippen molar-refractivity contribution in [1.82, 2.24) is 9.38 Å². The quantitative estimate of drug-likeness (QED) is 0.775. The number of hydrogen-bond acceptors (Lipinski definition) is 3. The number of aromatic nitrogens is 2. The Balaban J connectivity index is 2.09. The predicted octanol–water partition coefficient (Wildman–Crippen LogP) is 3.20. The molecule has 0 spiro atoms. The fraction of sp³-hybridized carbons (Fsp3) is 0.235. The first-order valence-electron chi connectivity index (χ1n) is 7.08. The monoisotopic (exact) mass is 281 g/mol. The highest BCUT2D eigenvalue weighted by atomic mass is 16.3. The van der Waals surface area contributed by atoms with E-state index >= 15 is 0 Å². The number of anilines is 1. The molecule has 0 aliphatic rings. The lowest BCUT2D eigenvalue weighted by atomic mass is 10.0. The molecule has 0 radical (unpaired) electrons. The Labute approximate surface area is 123 Å². The van der Waals surface area contributed by atoms with Crippen LogP contribution < -0.4 is 5.73 Å². The van der Waals surface area contributed by atoms with Crippen LogP contribution in [0.1, 0.15) is 30.9 Å². The number of hydrogen-bond donors (Lipinski definition) is 2. The summed E-state index contributed by atoms with van der Waals surface area (Å²) in [7, 11) is 0. The summed E-state index contributed by atoms with van der Waals surface area (Å²) in [5.41, 5.74) is 10.9. The van der Waals surface area contributed by atoms with E-state index < -0.39 is 0 Å². The maximum atomic E-state index is 9.20. The average Bonchev–Trinajstić information content (AvgIpc) is 2.83. The normalized spacial score (nSPS) is 11.4. The number of rotatable bonds is 3. The van der Waals surface area contributed by atoms with Gasteiger partial charge < -0.3 is 10.8 Å². The molecule has 0 bridgehead atoms. The fourth-order valence-electron chi connectivity index (χ4n) is 2.44. The van der Waals surface area contributed by atoms with Gasteiger partial charge in [-0.1, -0.05) is 38.1 Å². The maximum absolute atomic E-state index is 9.20. The van der Waals surface area contributed by atoms with Crippen LogP contribution in [0.3, 0.4) is 0 Å². The second kappa shape index (κ2) is 5.22. The van der Waals surface area contributed by atoms with Crippen LogP contribution in [0.4, 0.5) is 5.82 Å². The van der Waals surface area contributed by atoms with Crippen LogP contribution in [0.25, 0.3) is 16.9 Å². The first-order valence-corrected chi connectivity index (χ1v) is 7.08. The van der Waals surface area contributed by atoms with Gasteiger partial charge in [-0.2, -0.15) is 0 Å². The van der Waals surface area contributed by atoms with Gasteiger partial charge >= 0.3 is 0 Å². The van der Waals surface area contributed by atoms with Crippen molar-refractivity contribution in [3.63, 3.8) is 0 Å². The first kappa shape index (κ1) is 13.6. The Kier molecular flexibility index (Phi) is 3.39. The molecule has 108 valence electrons. The topological polar surface area (TPSA) is 63.5 Å². The number of pyridine rings is 1. The van der Waals surface area contributed by atoms with Crippen molar-refractivity contribution in [2.75, 3.05) is 5.73 Å². The lowest BCUT2D eigenvalue weighted by Gasteiger charge is -2.06. The van der Waals surface area contributed by atoms with Crippen LogP contribution >= 0.6 is 0 Å². The second-order valence-electron chi connectivity index (χ2n) is 5.54. The molecule has 0 fully saturated rings. The van der Waals surface area contributed by atoms with E-state index in [0.717, 1.165) is 22.5 Å². The van der Waals surface area contributed by atoms with E-state index in [-0.39, 0.29) is 6.61 Å². The van der Waals surface area contributed by atoms with E-state index in [9.17, 15) is 5.11 Å². The molecule has 0 saturated carbocycles. The predicted molar refractivity (Wildman–Crippen MR) is 85.1 cm³/mol. The van der Waals surface area contributed by atoms with Crippen LogP contribution in [0, 0.1) is 0 Å². The van der Waals surface area contributed by atoms with Crippen LogP contribution in [0.5, 0.6) is 0 Å². The lowest BCUT2D eigenvalue weighted by molar-refractivity contribution is 0.282. The van der Waals surface area contributed by atoms with Gasteiger partial charge in [-0.05, 0) is 29.2 Å². The molecule has 2 aromatic heterocycles. The molecule has 3 N–H and O–H groups in total. The zero-order valence-electron chi connectivity index (χ0n) is 12.2. The van der Waals surface area contributed by atoms with Crippen molar-refractivity contribution in [2.24, 2.45) is 0 Å². The number of fused-ring (bicyclic) bond motifs is 1. The maximum Gasteiger partial charge on any atom is 0.139 e. The second-order valence-corrected chi connectivity index (χ2v) is 5.54. The number of aliphatic hydroxyl groups excluding tert-OH is 1. The lowest BCUT2D eigenvalue weighted by Crippen LogP contribution is -1.95.